The molecule has 2 saturated heterocycles. The Balaban J connectivity index is 0.000000282. The third-order valence-corrected chi connectivity index (χ3v) is 6.50. The average molecular weight is 563 g/mol. The van der Waals surface area contributed by atoms with Crippen molar-refractivity contribution >= 4 is 35.8 Å². The Bertz CT molecular complexity index is 1050. The first-order chi connectivity index (χ1) is 18.9. The van der Waals surface area contributed by atoms with E-state index in [1.165, 1.54) is 0 Å². The lowest BCUT2D eigenvalue weighted by atomic mass is 9.95. The summed E-state index contributed by atoms with van der Waals surface area (Å²) in [4.78, 5) is 72.0. The summed E-state index contributed by atoms with van der Waals surface area (Å²) in [6.07, 6.45) is 3.83. The summed E-state index contributed by atoms with van der Waals surface area (Å²) in [6.45, 7) is 11.4. The summed E-state index contributed by atoms with van der Waals surface area (Å²) in [6, 6.07) is -0.0388. The van der Waals surface area contributed by atoms with Gasteiger partial charge in [0.1, 0.15) is 11.8 Å². The zero-order valence-electron chi connectivity index (χ0n) is 24.0. The number of ketones is 1. The number of nitrogens with one attached hydrogen (secondary N) is 4. The fraction of sp³-hybridized carbons (Fsp3) is 0.667. The van der Waals surface area contributed by atoms with E-state index in [0.29, 0.717) is 37.5 Å². The second-order valence-electron chi connectivity index (χ2n) is 10.9. The molecule has 0 spiro atoms. The van der Waals surface area contributed by atoms with Crippen molar-refractivity contribution < 1.29 is 33.3 Å². The Labute approximate surface area is 234 Å². The van der Waals surface area contributed by atoms with Crippen molar-refractivity contribution in [3.05, 3.63) is 17.5 Å². The first-order valence-corrected chi connectivity index (χ1v) is 13.8. The summed E-state index contributed by atoms with van der Waals surface area (Å²) in [5, 5.41) is 13.9. The number of rotatable bonds is 12. The molecule has 4 N–H and O–H groups in total. The van der Waals surface area contributed by atoms with Gasteiger partial charge in [0.15, 0.2) is 5.69 Å². The zero-order valence-corrected chi connectivity index (χ0v) is 24.0. The number of aryl methyl sites for hydroxylation is 1. The molecule has 2 fully saturated rings. The highest BCUT2D eigenvalue weighted by atomic mass is 16.5. The summed E-state index contributed by atoms with van der Waals surface area (Å²) in [5.74, 6) is -1.40. The van der Waals surface area contributed by atoms with Crippen LogP contribution in [0.3, 0.4) is 0 Å². The van der Waals surface area contributed by atoms with Crippen LogP contribution < -0.4 is 21.3 Å². The quantitative estimate of drug-likeness (QED) is 0.210. The van der Waals surface area contributed by atoms with E-state index in [1.807, 2.05) is 18.7 Å². The van der Waals surface area contributed by atoms with Gasteiger partial charge in [0.25, 0.3) is 11.8 Å². The summed E-state index contributed by atoms with van der Waals surface area (Å²) in [5.41, 5.74) is 0.218. The Morgan fingerprint density at radius 2 is 1.80 bits per heavy atom. The monoisotopic (exact) mass is 562 g/mol. The Kier molecular flexibility index (Phi) is 12.8. The minimum absolute atomic E-state index is 0.00904. The van der Waals surface area contributed by atoms with Gasteiger partial charge in [0.2, 0.25) is 24.0 Å². The number of nitrogens with zero attached hydrogens (tertiary/aromatic N) is 2. The zero-order chi connectivity index (χ0) is 29.8. The van der Waals surface area contributed by atoms with E-state index in [1.54, 1.807) is 26.8 Å². The predicted molar refractivity (Wildman–Crippen MR) is 145 cm³/mol. The Morgan fingerprint density at radius 1 is 1.12 bits per heavy atom. The van der Waals surface area contributed by atoms with Gasteiger partial charge >= 0.3 is 0 Å². The number of carbonyl (C=O) groups excluding carboxylic acids is 6. The molecule has 0 bridgehead atoms. The van der Waals surface area contributed by atoms with Crippen LogP contribution in [0.15, 0.2) is 10.6 Å². The molecular weight excluding hydrogens is 520 g/mol. The van der Waals surface area contributed by atoms with Crippen molar-refractivity contribution in [1.29, 1.82) is 0 Å². The van der Waals surface area contributed by atoms with Crippen LogP contribution in [0.4, 0.5) is 0 Å². The van der Waals surface area contributed by atoms with Crippen LogP contribution in [0, 0.1) is 18.8 Å². The van der Waals surface area contributed by atoms with Crippen LogP contribution >= 0.6 is 0 Å². The number of hydrogen-bond acceptors (Lipinski definition) is 8. The van der Waals surface area contributed by atoms with E-state index < -0.39 is 23.8 Å². The van der Waals surface area contributed by atoms with Gasteiger partial charge < -0.3 is 30.7 Å². The Morgan fingerprint density at radius 3 is 2.30 bits per heavy atom. The average Bonchev–Trinajstić information content (AvgIpc) is 3.65. The van der Waals surface area contributed by atoms with Crippen LogP contribution in [0.5, 0.6) is 0 Å². The maximum Gasteiger partial charge on any atom is 0.289 e. The highest BCUT2D eigenvalue weighted by Crippen LogP contribution is 2.17. The fourth-order valence-corrected chi connectivity index (χ4v) is 4.54. The number of Topliss-reactive ketones (excluding diaryl/α,β-unsaturated/α-hetero) is 1. The topological polar surface area (TPSA) is 180 Å². The first-order valence-electron chi connectivity index (χ1n) is 13.8. The molecule has 3 unspecified atom stereocenters. The van der Waals surface area contributed by atoms with Crippen molar-refractivity contribution in [2.24, 2.45) is 11.8 Å². The van der Waals surface area contributed by atoms with Gasteiger partial charge in [-0.2, -0.15) is 0 Å². The molecule has 0 aliphatic carbocycles. The standard InChI is InChI=1S/C15H23N3O3.C12H19N3O4/c1-10(2)8-13(15(20)18-6-4-5-7-18)16-14(19)12-9-11(3)21-17-12;1-7(2)15-12(19)10(17)9(14-6-16)5-8-3-4-13-11(8)18/h9-10,13H,4-8H2,1-3H3,(H,16,19);6-9H,3-5H2,1-2H3,(H,13,18)(H,14,16)(H,15,19). The van der Waals surface area contributed by atoms with Gasteiger partial charge in [-0.15, -0.1) is 0 Å². The molecule has 2 aliphatic rings. The molecule has 0 saturated carbocycles. The first kappa shape index (κ1) is 32.4. The van der Waals surface area contributed by atoms with Crippen molar-refractivity contribution in [2.75, 3.05) is 19.6 Å². The molecule has 3 heterocycles. The predicted octanol–water partition coefficient (Wildman–Crippen LogP) is 0.471. The maximum atomic E-state index is 12.5. The van der Waals surface area contributed by atoms with Gasteiger partial charge in [-0.3, -0.25) is 28.8 Å². The normalized spacial score (nSPS) is 17.9. The number of amides is 5. The van der Waals surface area contributed by atoms with Crippen LogP contribution in [-0.4, -0.2) is 83.6 Å². The summed E-state index contributed by atoms with van der Waals surface area (Å²) < 4.78 is 4.90. The molecule has 1 aromatic heterocycles. The maximum absolute atomic E-state index is 12.5. The van der Waals surface area contributed by atoms with Gasteiger partial charge in [-0.1, -0.05) is 19.0 Å². The van der Waals surface area contributed by atoms with Crippen molar-refractivity contribution in [1.82, 2.24) is 31.3 Å². The lowest BCUT2D eigenvalue weighted by molar-refractivity contribution is -0.140. The molecule has 222 valence electrons. The molecule has 3 atom stereocenters. The molecule has 5 amide bonds. The summed E-state index contributed by atoms with van der Waals surface area (Å²) in [7, 11) is 0. The second kappa shape index (κ2) is 15.7. The molecule has 2 aliphatic heterocycles. The largest absolute Gasteiger partial charge is 0.361 e. The molecular formula is C27H42N6O7. The highest BCUT2D eigenvalue weighted by Gasteiger charge is 2.33. The lowest BCUT2D eigenvalue weighted by Gasteiger charge is -2.25. The van der Waals surface area contributed by atoms with Gasteiger partial charge in [-0.25, -0.2) is 0 Å². The molecule has 13 heteroatoms. The van der Waals surface area contributed by atoms with Crippen molar-refractivity contribution in [3.8, 4) is 0 Å². The van der Waals surface area contributed by atoms with E-state index in [-0.39, 0.29) is 41.8 Å². The summed E-state index contributed by atoms with van der Waals surface area (Å²) >= 11 is 0. The van der Waals surface area contributed by atoms with E-state index in [4.69, 9.17) is 4.52 Å². The van der Waals surface area contributed by atoms with Crippen LogP contribution in [0.1, 0.15) is 76.0 Å². The minimum atomic E-state index is -0.954. The molecule has 3 rings (SSSR count). The third kappa shape index (κ3) is 10.1. The SMILES string of the molecule is CC(C)NC(=O)C(=O)C(CC1CCNC1=O)NC=O.Cc1cc(C(=O)NC(CC(C)C)C(=O)N2CCCC2)no1. The van der Waals surface area contributed by atoms with Crippen LogP contribution in [0.2, 0.25) is 0 Å². The van der Waals surface area contributed by atoms with E-state index in [0.717, 1.165) is 25.9 Å². The smallest absolute Gasteiger partial charge is 0.289 e. The number of aromatic nitrogens is 1. The van der Waals surface area contributed by atoms with Crippen molar-refractivity contribution in [2.45, 2.75) is 84.8 Å². The molecule has 1 aromatic rings. The molecule has 40 heavy (non-hydrogen) atoms. The molecule has 0 radical (unpaired) electrons. The van der Waals surface area contributed by atoms with Crippen molar-refractivity contribution in [3.63, 3.8) is 0 Å². The van der Waals surface area contributed by atoms with E-state index in [9.17, 15) is 28.8 Å². The van der Waals surface area contributed by atoms with Gasteiger partial charge in [-0.05, 0) is 58.8 Å². The number of carbonyl (C=O) groups is 6. The number of hydrogen-bond donors (Lipinski definition) is 4. The third-order valence-electron chi connectivity index (χ3n) is 6.50. The van der Waals surface area contributed by atoms with Crippen LogP contribution in [-0.2, 0) is 24.0 Å². The molecule has 13 nitrogen and oxygen atoms in total. The van der Waals surface area contributed by atoms with Gasteiger partial charge in [0, 0.05) is 37.7 Å². The van der Waals surface area contributed by atoms with Gasteiger partial charge in [0.05, 0.1) is 6.04 Å². The number of likely N-dealkylation sites (tertiary alicyclic amines) is 1. The van der Waals surface area contributed by atoms with E-state index in [2.05, 4.69) is 26.4 Å². The molecule has 0 aromatic carbocycles. The minimum Gasteiger partial charge on any atom is -0.361 e. The lowest BCUT2D eigenvalue weighted by Crippen LogP contribution is -2.48. The second-order valence-corrected chi connectivity index (χ2v) is 10.9. The fourth-order valence-electron chi connectivity index (χ4n) is 4.54. The highest BCUT2D eigenvalue weighted by molar-refractivity contribution is 6.38. The van der Waals surface area contributed by atoms with E-state index >= 15 is 0 Å². The Hall–Kier alpha value is -3.77. The van der Waals surface area contributed by atoms with Crippen LogP contribution in [0.25, 0.3) is 0 Å².